The van der Waals surface area contributed by atoms with Crippen LogP contribution in [0.15, 0.2) is 30.3 Å². The monoisotopic (exact) mass is 395 g/mol. The van der Waals surface area contributed by atoms with Crippen molar-refractivity contribution in [1.29, 1.82) is 0 Å². The Labute approximate surface area is 166 Å². The van der Waals surface area contributed by atoms with Gasteiger partial charge >= 0.3 is 0 Å². The van der Waals surface area contributed by atoms with Crippen LogP contribution >= 0.6 is 11.3 Å². The second-order valence-electron chi connectivity index (χ2n) is 6.89. The summed E-state index contributed by atoms with van der Waals surface area (Å²) >= 11 is 1.28. The fraction of sp³-hybridized carbons (Fsp3) is 0.300. The first-order chi connectivity index (χ1) is 13.5. The van der Waals surface area contributed by atoms with Gasteiger partial charge in [-0.15, -0.1) is 16.4 Å². The second-order valence-corrected chi connectivity index (χ2v) is 7.88. The van der Waals surface area contributed by atoms with Crippen LogP contribution in [0.4, 0.5) is 5.69 Å². The molecule has 0 radical (unpaired) electrons. The number of nitrogens with zero attached hydrogens (tertiary/aromatic N) is 4. The number of hydrogen-bond acceptors (Lipinski definition) is 6. The molecule has 3 aromatic rings. The molecule has 1 aliphatic heterocycles. The number of aryl methyl sites for hydroxylation is 2. The largest absolute Gasteiger partial charge is 0.397 e. The number of rotatable bonds is 2. The van der Waals surface area contributed by atoms with Gasteiger partial charge in [-0.1, -0.05) is 18.2 Å². The summed E-state index contributed by atoms with van der Waals surface area (Å²) in [5, 5.41) is 9.13. The highest BCUT2D eigenvalue weighted by Crippen LogP contribution is 2.35. The third kappa shape index (κ3) is 3.09. The van der Waals surface area contributed by atoms with Crippen LogP contribution in [0.5, 0.6) is 0 Å². The molecule has 0 saturated carbocycles. The van der Waals surface area contributed by atoms with Crippen LogP contribution in [0.2, 0.25) is 0 Å². The van der Waals surface area contributed by atoms with Crippen molar-refractivity contribution in [3.63, 3.8) is 0 Å². The molecule has 2 N–H and O–H groups in total. The predicted octanol–water partition coefficient (Wildman–Crippen LogP) is 2.49. The number of carbonyl (C=O) groups is 2. The number of hydrogen-bond donors (Lipinski definition) is 1. The molecule has 28 heavy (non-hydrogen) atoms. The lowest BCUT2D eigenvalue weighted by molar-refractivity contribution is 0.0538. The molecule has 0 bridgehead atoms. The number of benzene rings is 1. The van der Waals surface area contributed by atoms with Crippen molar-refractivity contribution in [2.45, 2.75) is 13.8 Å². The van der Waals surface area contributed by atoms with Gasteiger partial charge in [-0.2, -0.15) is 5.10 Å². The lowest BCUT2D eigenvalue weighted by atomic mass is 10.1. The molecule has 1 fully saturated rings. The van der Waals surface area contributed by atoms with Gasteiger partial charge in [0.15, 0.2) is 0 Å². The van der Waals surface area contributed by atoms with E-state index in [2.05, 4.69) is 10.2 Å². The lowest BCUT2D eigenvalue weighted by Crippen LogP contribution is -2.50. The Kier molecular flexibility index (Phi) is 4.72. The summed E-state index contributed by atoms with van der Waals surface area (Å²) in [6.45, 7) is 5.79. The van der Waals surface area contributed by atoms with E-state index in [1.165, 1.54) is 11.3 Å². The topological polar surface area (TPSA) is 92.4 Å². The smallest absolute Gasteiger partial charge is 0.266 e. The molecule has 2 amide bonds. The molecule has 1 aliphatic rings. The first kappa shape index (κ1) is 18.4. The van der Waals surface area contributed by atoms with Gasteiger partial charge in [-0.3, -0.25) is 9.59 Å². The van der Waals surface area contributed by atoms with Gasteiger partial charge in [0.1, 0.15) is 9.71 Å². The molecule has 0 aliphatic carbocycles. The van der Waals surface area contributed by atoms with Crippen LogP contribution in [-0.2, 0) is 0 Å². The average molecular weight is 395 g/mol. The number of nitrogen functional groups attached to an aromatic ring is 1. The van der Waals surface area contributed by atoms with E-state index in [4.69, 9.17) is 5.73 Å². The summed E-state index contributed by atoms with van der Waals surface area (Å²) in [7, 11) is 0. The quantitative estimate of drug-likeness (QED) is 0.720. The zero-order valence-corrected chi connectivity index (χ0v) is 16.6. The highest BCUT2D eigenvalue weighted by Gasteiger charge is 2.28. The number of thiophene rings is 1. The summed E-state index contributed by atoms with van der Waals surface area (Å²) in [6, 6.07) is 9.20. The Balaban J connectivity index is 1.50. The van der Waals surface area contributed by atoms with Gasteiger partial charge in [0, 0.05) is 37.1 Å². The Bertz CT molecular complexity index is 1060. The third-order valence-electron chi connectivity index (χ3n) is 5.20. The fourth-order valence-corrected chi connectivity index (χ4v) is 4.49. The van der Waals surface area contributed by atoms with Gasteiger partial charge in [0.2, 0.25) is 0 Å². The van der Waals surface area contributed by atoms with E-state index in [9.17, 15) is 9.59 Å². The van der Waals surface area contributed by atoms with Gasteiger partial charge in [-0.05, 0) is 31.5 Å². The molecule has 7 nitrogen and oxygen atoms in total. The third-order valence-corrected chi connectivity index (χ3v) is 6.28. The van der Waals surface area contributed by atoms with E-state index in [1.807, 2.05) is 44.2 Å². The summed E-state index contributed by atoms with van der Waals surface area (Å²) in [6.07, 6.45) is 0. The van der Waals surface area contributed by atoms with Crippen molar-refractivity contribution in [2.24, 2.45) is 0 Å². The Morgan fingerprint density at radius 2 is 1.57 bits per heavy atom. The molecule has 144 valence electrons. The Hall–Kier alpha value is -3.00. The zero-order chi connectivity index (χ0) is 19.8. The van der Waals surface area contributed by atoms with Crippen LogP contribution in [-0.4, -0.2) is 58.0 Å². The molecular weight excluding hydrogens is 374 g/mol. The van der Waals surface area contributed by atoms with E-state index >= 15 is 0 Å². The standard InChI is InChI=1S/C20H21N5O2S/c1-12-13(2)22-23-18-15(12)16(21)17(28-18)20(27)25-10-8-24(9-11-25)19(26)14-6-4-3-5-7-14/h3-7H,8-11,21H2,1-2H3. The van der Waals surface area contributed by atoms with E-state index in [0.717, 1.165) is 16.6 Å². The minimum atomic E-state index is -0.107. The molecule has 0 atom stereocenters. The number of fused-ring (bicyclic) bond motifs is 1. The normalized spacial score (nSPS) is 14.5. The molecule has 0 unspecified atom stereocenters. The van der Waals surface area contributed by atoms with E-state index in [-0.39, 0.29) is 11.8 Å². The summed E-state index contributed by atoms with van der Waals surface area (Å²) in [4.78, 5) is 30.3. The molecular formula is C20H21N5O2S. The van der Waals surface area contributed by atoms with E-state index in [1.54, 1.807) is 9.80 Å². The molecule has 0 spiro atoms. The van der Waals surface area contributed by atoms with Crippen LogP contribution in [0.3, 0.4) is 0 Å². The van der Waals surface area contributed by atoms with Crippen LogP contribution in [0, 0.1) is 13.8 Å². The fourth-order valence-electron chi connectivity index (χ4n) is 3.42. The van der Waals surface area contributed by atoms with Crippen LogP contribution < -0.4 is 5.73 Å². The van der Waals surface area contributed by atoms with Gasteiger partial charge in [-0.25, -0.2) is 0 Å². The number of carbonyl (C=O) groups excluding carboxylic acids is 2. The SMILES string of the molecule is Cc1nnc2sc(C(=O)N3CCN(C(=O)c4ccccc4)CC3)c(N)c2c1C. The number of anilines is 1. The van der Waals surface area contributed by atoms with Crippen molar-refractivity contribution in [1.82, 2.24) is 20.0 Å². The van der Waals surface area contributed by atoms with Crippen LogP contribution in [0.1, 0.15) is 31.3 Å². The molecule has 8 heteroatoms. The zero-order valence-electron chi connectivity index (χ0n) is 15.8. The Morgan fingerprint density at radius 3 is 2.21 bits per heavy atom. The van der Waals surface area contributed by atoms with Crippen molar-refractivity contribution in [2.75, 3.05) is 31.9 Å². The number of nitrogens with two attached hydrogens (primary N) is 1. The summed E-state index contributed by atoms with van der Waals surface area (Å²) < 4.78 is 0. The van der Waals surface area contributed by atoms with E-state index < -0.39 is 0 Å². The molecule has 1 aromatic carbocycles. The van der Waals surface area contributed by atoms with Crippen molar-refractivity contribution in [3.8, 4) is 0 Å². The van der Waals surface area contributed by atoms with Gasteiger partial charge < -0.3 is 15.5 Å². The summed E-state index contributed by atoms with van der Waals surface area (Å²) in [5.74, 6) is -0.111. The van der Waals surface area contributed by atoms with Gasteiger partial charge in [0.25, 0.3) is 11.8 Å². The first-order valence-electron chi connectivity index (χ1n) is 9.13. The predicted molar refractivity (Wildman–Crippen MR) is 110 cm³/mol. The van der Waals surface area contributed by atoms with Gasteiger partial charge in [0.05, 0.1) is 11.4 Å². The van der Waals surface area contributed by atoms with Crippen molar-refractivity contribution < 1.29 is 9.59 Å². The minimum Gasteiger partial charge on any atom is -0.397 e. The first-order valence-corrected chi connectivity index (χ1v) is 9.94. The number of aromatic nitrogens is 2. The highest BCUT2D eigenvalue weighted by atomic mass is 32.1. The lowest BCUT2D eigenvalue weighted by Gasteiger charge is -2.34. The Morgan fingerprint density at radius 1 is 0.964 bits per heavy atom. The highest BCUT2D eigenvalue weighted by molar-refractivity contribution is 7.21. The van der Waals surface area contributed by atoms with Crippen LogP contribution in [0.25, 0.3) is 10.2 Å². The molecule has 4 rings (SSSR count). The summed E-state index contributed by atoms with van der Waals surface area (Å²) in [5.41, 5.74) is 9.20. The maximum absolute atomic E-state index is 13.0. The number of amides is 2. The van der Waals surface area contributed by atoms with E-state index in [0.29, 0.717) is 47.1 Å². The van der Waals surface area contributed by atoms with Crippen molar-refractivity contribution in [3.05, 3.63) is 52.0 Å². The minimum absolute atomic E-state index is 0.00421. The number of piperazine rings is 1. The average Bonchev–Trinajstić information content (AvgIpc) is 3.07. The second kappa shape index (κ2) is 7.20. The maximum Gasteiger partial charge on any atom is 0.266 e. The molecule has 2 aromatic heterocycles. The maximum atomic E-state index is 13.0. The molecule has 1 saturated heterocycles. The molecule has 3 heterocycles. The van der Waals surface area contributed by atoms with Crippen molar-refractivity contribution >= 4 is 39.1 Å².